The minimum atomic E-state index is -0.778. The molecule has 4 bridgehead atoms. The van der Waals surface area contributed by atoms with Gasteiger partial charge in [-0.15, -0.1) is 0 Å². The van der Waals surface area contributed by atoms with Gasteiger partial charge in [0.25, 0.3) is 0 Å². The van der Waals surface area contributed by atoms with E-state index in [1.165, 1.54) is 30.4 Å². The molecule has 3 heteroatoms. The van der Waals surface area contributed by atoms with E-state index in [0.717, 1.165) is 17.1 Å². The third-order valence-corrected chi connectivity index (χ3v) is 7.14. The van der Waals surface area contributed by atoms with Crippen molar-refractivity contribution in [2.75, 3.05) is 6.54 Å². The summed E-state index contributed by atoms with van der Waals surface area (Å²) in [6.07, 6.45) is 3.66. The van der Waals surface area contributed by atoms with Gasteiger partial charge in [0.15, 0.2) is 0 Å². The lowest BCUT2D eigenvalue weighted by molar-refractivity contribution is -0.00438. The highest BCUT2D eigenvalue weighted by atomic mass is 35.5. The summed E-state index contributed by atoms with van der Waals surface area (Å²) in [5.74, 6) is 0.688. The third-order valence-electron chi connectivity index (χ3n) is 6.89. The Hall–Kier alpha value is -1.35. The maximum Gasteiger partial charge on any atom is 0.107 e. The molecule has 2 aromatic carbocycles. The first kappa shape index (κ1) is 15.9. The molecule has 5 rings (SSSR count). The fraction of sp³-hybridized carbons (Fsp3) is 0.455. The van der Waals surface area contributed by atoms with Crippen LogP contribution in [-0.2, 0) is 5.60 Å². The van der Waals surface area contributed by atoms with Gasteiger partial charge in [-0.1, -0.05) is 53.6 Å². The molecule has 3 aliphatic rings. The Morgan fingerprint density at radius 3 is 2.48 bits per heavy atom. The minimum Gasteiger partial charge on any atom is -0.383 e. The zero-order valence-corrected chi connectivity index (χ0v) is 15.3. The van der Waals surface area contributed by atoms with E-state index in [9.17, 15) is 5.11 Å². The Labute approximate surface area is 154 Å². The van der Waals surface area contributed by atoms with Crippen molar-refractivity contribution in [3.63, 3.8) is 0 Å². The van der Waals surface area contributed by atoms with Crippen LogP contribution in [0.3, 0.4) is 0 Å². The van der Waals surface area contributed by atoms with E-state index in [-0.39, 0.29) is 5.92 Å². The fourth-order valence-electron chi connectivity index (χ4n) is 5.77. The lowest BCUT2D eigenvalue weighted by Crippen LogP contribution is -2.42. The minimum absolute atomic E-state index is 0.259. The van der Waals surface area contributed by atoms with E-state index in [4.69, 9.17) is 11.6 Å². The molecule has 0 spiro atoms. The molecule has 6 atom stereocenters. The van der Waals surface area contributed by atoms with Gasteiger partial charge in [0.05, 0.1) is 0 Å². The topological polar surface area (TPSA) is 23.5 Å². The third kappa shape index (κ3) is 2.31. The van der Waals surface area contributed by atoms with Gasteiger partial charge >= 0.3 is 0 Å². The molecule has 3 fully saturated rings. The van der Waals surface area contributed by atoms with Crippen molar-refractivity contribution < 1.29 is 5.11 Å². The van der Waals surface area contributed by atoms with Crippen LogP contribution < -0.4 is 0 Å². The molecule has 25 heavy (non-hydrogen) atoms. The molecular formula is C22H24ClNO. The molecule has 0 amide bonds. The molecule has 1 unspecified atom stereocenters. The predicted octanol–water partition coefficient (Wildman–Crippen LogP) is 4.49. The molecule has 0 radical (unpaired) electrons. The highest BCUT2D eigenvalue weighted by Gasteiger charge is 2.62. The number of aryl methyl sites for hydroxylation is 1. The summed E-state index contributed by atoms with van der Waals surface area (Å²) < 4.78 is 0. The van der Waals surface area contributed by atoms with Crippen LogP contribution in [0.4, 0.5) is 0 Å². The molecule has 2 aromatic rings. The Kier molecular flexibility index (Phi) is 3.54. The summed E-state index contributed by atoms with van der Waals surface area (Å²) in [7, 11) is 0. The van der Waals surface area contributed by atoms with Gasteiger partial charge < -0.3 is 5.11 Å². The summed E-state index contributed by atoms with van der Waals surface area (Å²) in [6.45, 7) is 2.90. The summed E-state index contributed by atoms with van der Waals surface area (Å²) in [6, 6.07) is 17.9. The molecule has 0 aromatic heterocycles. The number of nitrogens with zero attached hydrogens (tertiary/aromatic N) is 1. The molecule has 3 saturated heterocycles. The maximum absolute atomic E-state index is 11.8. The van der Waals surface area contributed by atoms with Crippen LogP contribution in [0.1, 0.15) is 41.9 Å². The van der Waals surface area contributed by atoms with Crippen molar-refractivity contribution >= 4 is 11.6 Å². The lowest BCUT2D eigenvalue weighted by Gasteiger charge is -2.40. The smallest absolute Gasteiger partial charge is 0.107 e. The van der Waals surface area contributed by atoms with Gasteiger partial charge in [-0.3, -0.25) is 4.90 Å². The number of piperidine rings is 1. The van der Waals surface area contributed by atoms with Crippen LogP contribution in [-0.4, -0.2) is 28.6 Å². The van der Waals surface area contributed by atoms with E-state index in [1.807, 2.05) is 24.3 Å². The number of aliphatic hydroxyl groups is 1. The van der Waals surface area contributed by atoms with Crippen LogP contribution in [0.2, 0.25) is 5.02 Å². The van der Waals surface area contributed by atoms with Crippen molar-refractivity contribution in [3.05, 3.63) is 70.2 Å². The number of benzene rings is 2. The molecule has 3 heterocycles. The average molecular weight is 354 g/mol. The Bertz CT molecular complexity index is 787. The van der Waals surface area contributed by atoms with Gasteiger partial charge in [0.1, 0.15) is 5.60 Å². The van der Waals surface area contributed by atoms with Crippen molar-refractivity contribution in [1.29, 1.82) is 0 Å². The second kappa shape index (κ2) is 5.57. The first-order valence-electron chi connectivity index (χ1n) is 9.37. The second-order valence-corrected chi connectivity index (χ2v) is 8.62. The Balaban J connectivity index is 1.60. The molecule has 3 aliphatic heterocycles. The summed E-state index contributed by atoms with van der Waals surface area (Å²) in [4.78, 5) is 2.59. The van der Waals surface area contributed by atoms with Gasteiger partial charge in [0, 0.05) is 29.6 Å². The van der Waals surface area contributed by atoms with E-state index in [2.05, 4.69) is 36.1 Å². The number of hydrogen-bond acceptors (Lipinski definition) is 2. The molecule has 2 nitrogen and oxygen atoms in total. The Morgan fingerprint density at radius 1 is 1.04 bits per heavy atom. The van der Waals surface area contributed by atoms with Crippen molar-refractivity contribution in [3.8, 4) is 0 Å². The SMILES string of the molecule is Cc1ccc([C@H]2C[C@@H]3CC[C@@H]4[C@H]2[C@@](O)(c2ccc(Cl)cc2)CN34)cc1. The maximum atomic E-state index is 11.8. The molecule has 0 saturated carbocycles. The predicted molar refractivity (Wildman–Crippen MR) is 101 cm³/mol. The van der Waals surface area contributed by atoms with E-state index < -0.39 is 5.60 Å². The van der Waals surface area contributed by atoms with E-state index in [0.29, 0.717) is 18.0 Å². The van der Waals surface area contributed by atoms with Crippen LogP contribution in [0, 0.1) is 12.8 Å². The largest absolute Gasteiger partial charge is 0.383 e. The highest BCUT2D eigenvalue weighted by molar-refractivity contribution is 6.30. The van der Waals surface area contributed by atoms with Crippen molar-refractivity contribution in [2.45, 2.75) is 49.8 Å². The molecule has 0 aliphatic carbocycles. The van der Waals surface area contributed by atoms with Crippen LogP contribution in [0.15, 0.2) is 48.5 Å². The summed E-state index contributed by atoms with van der Waals surface area (Å²) in [5.41, 5.74) is 2.93. The summed E-state index contributed by atoms with van der Waals surface area (Å²) >= 11 is 6.09. The molecular weight excluding hydrogens is 330 g/mol. The van der Waals surface area contributed by atoms with Crippen molar-refractivity contribution in [1.82, 2.24) is 4.90 Å². The monoisotopic (exact) mass is 353 g/mol. The van der Waals surface area contributed by atoms with Crippen LogP contribution >= 0.6 is 11.6 Å². The summed E-state index contributed by atoms with van der Waals surface area (Å²) in [5, 5.41) is 12.6. The zero-order valence-electron chi connectivity index (χ0n) is 14.5. The standard InChI is InChI=1S/C22H24ClNO/c1-14-2-4-15(5-3-14)19-12-18-10-11-20-21(19)22(25,13-24(18)20)16-6-8-17(23)9-7-16/h2-9,18-21,25H,10-13H2,1H3/t18-,19+,20+,21-,22-/m0/s1. The Morgan fingerprint density at radius 2 is 1.76 bits per heavy atom. The average Bonchev–Trinajstić information content (AvgIpc) is 2.98. The first-order valence-corrected chi connectivity index (χ1v) is 9.75. The van der Waals surface area contributed by atoms with Gasteiger partial charge in [-0.2, -0.15) is 0 Å². The van der Waals surface area contributed by atoms with Gasteiger partial charge in [0.2, 0.25) is 0 Å². The zero-order chi connectivity index (χ0) is 17.2. The van der Waals surface area contributed by atoms with Crippen LogP contribution in [0.25, 0.3) is 0 Å². The first-order chi connectivity index (χ1) is 12.1. The van der Waals surface area contributed by atoms with E-state index >= 15 is 0 Å². The lowest BCUT2D eigenvalue weighted by atomic mass is 9.69. The van der Waals surface area contributed by atoms with E-state index in [1.54, 1.807) is 0 Å². The highest BCUT2D eigenvalue weighted by Crippen LogP contribution is 2.58. The number of hydrogen-bond donors (Lipinski definition) is 1. The second-order valence-electron chi connectivity index (χ2n) is 8.18. The quantitative estimate of drug-likeness (QED) is 0.860. The van der Waals surface area contributed by atoms with Crippen LogP contribution in [0.5, 0.6) is 0 Å². The number of rotatable bonds is 2. The van der Waals surface area contributed by atoms with Crippen molar-refractivity contribution in [2.24, 2.45) is 5.92 Å². The molecule has 130 valence electrons. The normalized spacial score (nSPS) is 38.9. The fourth-order valence-corrected chi connectivity index (χ4v) is 5.90. The molecule has 1 N–H and O–H groups in total. The van der Waals surface area contributed by atoms with Gasteiger partial charge in [-0.05, 0) is 55.4 Å². The van der Waals surface area contributed by atoms with Gasteiger partial charge in [-0.25, -0.2) is 0 Å². The number of halogens is 1.